The third-order valence-electron chi connectivity index (χ3n) is 3.92. The van der Waals surface area contributed by atoms with E-state index in [1.807, 2.05) is 37.3 Å². The second kappa shape index (κ2) is 7.25. The average Bonchev–Trinajstić information content (AvgIpc) is 2.85. The van der Waals surface area contributed by atoms with Crippen molar-refractivity contribution in [1.29, 1.82) is 0 Å². The molecule has 1 aliphatic heterocycles. The summed E-state index contributed by atoms with van der Waals surface area (Å²) >= 11 is 0. The summed E-state index contributed by atoms with van der Waals surface area (Å²) in [5.74, 6) is -0.235. The molecule has 4 heteroatoms. The highest BCUT2D eigenvalue weighted by Crippen LogP contribution is 2.21. The van der Waals surface area contributed by atoms with Gasteiger partial charge in [-0.3, -0.25) is 4.79 Å². The van der Waals surface area contributed by atoms with E-state index in [-0.39, 0.29) is 17.9 Å². The molecule has 1 heterocycles. The van der Waals surface area contributed by atoms with Gasteiger partial charge in [0.05, 0.1) is 6.04 Å². The Morgan fingerprint density at radius 1 is 1.38 bits per heavy atom. The van der Waals surface area contributed by atoms with E-state index >= 15 is 0 Å². The van der Waals surface area contributed by atoms with Crippen LogP contribution in [0.25, 0.3) is 0 Å². The van der Waals surface area contributed by atoms with Crippen LogP contribution in [0.2, 0.25) is 0 Å². The van der Waals surface area contributed by atoms with Crippen molar-refractivity contribution in [3.8, 4) is 0 Å². The third kappa shape index (κ3) is 3.84. The van der Waals surface area contributed by atoms with E-state index in [4.69, 9.17) is 4.74 Å². The van der Waals surface area contributed by atoms with Gasteiger partial charge in [0.1, 0.15) is 6.61 Å². The van der Waals surface area contributed by atoms with Crippen LogP contribution in [0.3, 0.4) is 0 Å². The van der Waals surface area contributed by atoms with Crippen LogP contribution in [0, 0.1) is 5.92 Å². The first-order valence-electron chi connectivity index (χ1n) is 7.67. The molecule has 0 bridgehead atoms. The molecule has 1 aliphatic rings. The van der Waals surface area contributed by atoms with Crippen LogP contribution in [-0.4, -0.2) is 29.5 Å². The van der Waals surface area contributed by atoms with Gasteiger partial charge in [-0.1, -0.05) is 57.0 Å². The second-order valence-electron chi connectivity index (χ2n) is 5.67. The van der Waals surface area contributed by atoms with Crippen molar-refractivity contribution in [3.05, 3.63) is 35.9 Å². The van der Waals surface area contributed by atoms with Crippen molar-refractivity contribution in [2.75, 3.05) is 6.61 Å². The number of imide groups is 1. The number of carbonyl (C=O) groups is 2. The number of cyclic esters (lactones) is 1. The Morgan fingerprint density at radius 2 is 2.10 bits per heavy atom. The highest BCUT2D eigenvalue weighted by molar-refractivity contribution is 5.94. The van der Waals surface area contributed by atoms with Gasteiger partial charge >= 0.3 is 6.09 Å². The summed E-state index contributed by atoms with van der Waals surface area (Å²) in [6.45, 7) is 4.28. The van der Waals surface area contributed by atoms with E-state index in [1.54, 1.807) is 0 Å². The minimum absolute atomic E-state index is 0.105. The molecular formula is C17H23NO3. The molecular weight excluding hydrogens is 266 g/mol. The molecule has 21 heavy (non-hydrogen) atoms. The Kier molecular flexibility index (Phi) is 5.37. The molecule has 0 aliphatic carbocycles. The monoisotopic (exact) mass is 289 g/mol. The first-order valence-corrected chi connectivity index (χ1v) is 7.67. The van der Waals surface area contributed by atoms with Gasteiger partial charge in [-0.05, 0) is 18.4 Å². The highest BCUT2D eigenvalue weighted by Gasteiger charge is 2.39. The van der Waals surface area contributed by atoms with Crippen LogP contribution in [-0.2, 0) is 16.0 Å². The van der Waals surface area contributed by atoms with Gasteiger partial charge in [0.2, 0.25) is 5.91 Å². The van der Waals surface area contributed by atoms with E-state index < -0.39 is 6.09 Å². The lowest BCUT2D eigenvalue weighted by Gasteiger charge is -2.23. The molecule has 0 N–H and O–H groups in total. The van der Waals surface area contributed by atoms with E-state index in [0.717, 1.165) is 24.8 Å². The zero-order valence-electron chi connectivity index (χ0n) is 12.7. The van der Waals surface area contributed by atoms with Gasteiger partial charge < -0.3 is 4.74 Å². The summed E-state index contributed by atoms with van der Waals surface area (Å²) in [5.41, 5.74) is 1.11. The maximum atomic E-state index is 12.5. The molecule has 0 aromatic heterocycles. The first kappa shape index (κ1) is 15.5. The standard InChI is InChI=1S/C17H23NO3/c1-3-4-8-13(2)16(19)18-15(12-21-17(18)20)11-14-9-6-5-7-10-14/h5-7,9-10,13,15H,3-4,8,11-12H2,1-2H3/t13-,15+/m1/s1. The predicted molar refractivity (Wildman–Crippen MR) is 80.8 cm³/mol. The van der Waals surface area contributed by atoms with E-state index in [2.05, 4.69) is 6.92 Å². The fraction of sp³-hybridized carbons (Fsp3) is 0.529. The SMILES string of the molecule is CCCC[C@@H](C)C(=O)N1C(=O)OC[C@@H]1Cc1ccccc1. The Hall–Kier alpha value is -1.84. The molecule has 1 saturated heterocycles. The minimum atomic E-state index is -0.496. The molecule has 0 unspecified atom stereocenters. The summed E-state index contributed by atoms with van der Waals surface area (Å²) in [7, 11) is 0. The maximum Gasteiger partial charge on any atom is 0.416 e. The quantitative estimate of drug-likeness (QED) is 0.806. The number of nitrogens with zero attached hydrogens (tertiary/aromatic N) is 1. The number of rotatable bonds is 6. The Bertz CT molecular complexity index is 486. The van der Waals surface area contributed by atoms with Crippen LogP contribution in [0.4, 0.5) is 4.79 Å². The Balaban J connectivity index is 2.04. The number of amides is 2. The number of carbonyl (C=O) groups excluding carboxylic acids is 2. The van der Waals surface area contributed by atoms with Crippen LogP contribution in [0.5, 0.6) is 0 Å². The number of unbranched alkanes of at least 4 members (excludes halogenated alkanes) is 1. The number of benzene rings is 1. The van der Waals surface area contributed by atoms with E-state index in [1.165, 1.54) is 4.90 Å². The zero-order chi connectivity index (χ0) is 15.2. The molecule has 1 fully saturated rings. The third-order valence-corrected chi connectivity index (χ3v) is 3.92. The van der Waals surface area contributed by atoms with Crippen molar-refractivity contribution >= 4 is 12.0 Å². The zero-order valence-corrected chi connectivity index (χ0v) is 12.7. The van der Waals surface area contributed by atoms with Crippen molar-refractivity contribution in [2.45, 2.75) is 45.6 Å². The normalized spacial score (nSPS) is 19.4. The molecule has 0 spiro atoms. The Labute approximate surface area is 126 Å². The van der Waals surface area contributed by atoms with Gasteiger partial charge in [-0.2, -0.15) is 0 Å². The molecule has 1 aromatic rings. The van der Waals surface area contributed by atoms with E-state index in [9.17, 15) is 9.59 Å². The predicted octanol–water partition coefficient (Wildman–Crippen LogP) is 3.40. The lowest BCUT2D eigenvalue weighted by Crippen LogP contribution is -2.43. The summed E-state index contributed by atoms with van der Waals surface area (Å²) < 4.78 is 5.09. The topological polar surface area (TPSA) is 46.6 Å². The van der Waals surface area contributed by atoms with Crippen molar-refractivity contribution in [1.82, 2.24) is 4.90 Å². The molecule has 1 aromatic carbocycles. The lowest BCUT2D eigenvalue weighted by atomic mass is 10.0. The lowest BCUT2D eigenvalue weighted by molar-refractivity contribution is -0.133. The van der Waals surface area contributed by atoms with Crippen LogP contribution in [0.15, 0.2) is 30.3 Å². The van der Waals surface area contributed by atoms with Gasteiger partial charge in [-0.25, -0.2) is 9.69 Å². The van der Waals surface area contributed by atoms with Gasteiger partial charge in [0.15, 0.2) is 0 Å². The first-order chi connectivity index (χ1) is 10.1. The Morgan fingerprint density at radius 3 is 2.76 bits per heavy atom. The summed E-state index contributed by atoms with van der Waals surface area (Å²) in [6.07, 6.45) is 3.02. The van der Waals surface area contributed by atoms with Crippen molar-refractivity contribution < 1.29 is 14.3 Å². The molecule has 2 atom stereocenters. The van der Waals surface area contributed by atoms with Crippen molar-refractivity contribution in [3.63, 3.8) is 0 Å². The largest absolute Gasteiger partial charge is 0.447 e. The number of hydrogen-bond donors (Lipinski definition) is 0. The fourth-order valence-electron chi connectivity index (χ4n) is 2.64. The van der Waals surface area contributed by atoms with Gasteiger partial charge in [-0.15, -0.1) is 0 Å². The minimum Gasteiger partial charge on any atom is -0.447 e. The molecule has 2 amide bonds. The fourth-order valence-corrected chi connectivity index (χ4v) is 2.64. The van der Waals surface area contributed by atoms with Gasteiger partial charge in [0.25, 0.3) is 0 Å². The van der Waals surface area contributed by atoms with Gasteiger partial charge in [0, 0.05) is 5.92 Å². The van der Waals surface area contributed by atoms with Crippen molar-refractivity contribution in [2.24, 2.45) is 5.92 Å². The summed E-state index contributed by atoms with van der Waals surface area (Å²) in [5, 5.41) is 0. The molecule has 0 saturated carbocycles. The van der Waals surface area contributed by atoms with E-state index in [0.29, 0.717) is 13.0 Å². The average molecular weight is 289 g/mol. The summed E-state index contributed by atoms with van der Waals surface area (Å²) in [4.78, 5) is 25.7. The molecule has 2 rings (SSSR count). The smallest absolute Gasteiger partial charge is 0.416 e. The highest BCUT2D eigenvalue weighted by atomic mass is 16.6. The molecule has 4 nitrogen and oxygen atoms in total. The van der Waals surface area contributed by atoms with Crippen LogP contribution >= 0.6 is 0 Å². The number of ether oxygens (including phenoxy) is 1. The maximum absolute atomic E-state index is 12.5. The molecule has 0 radical (unpaired) electrons. The van der Waals surface area contributed by atoms with Crippen LogP contribution in [0.1, 0.15) is 38.7 Å². The molecule has 114 valence electrons. The van der Waals surface area contributed by atoms with Crippen LogP contribution < -0.4 is 0 Å². The number of hydrogen-bond acceptors (Lipinski definition) is 3. The summed E-state index contributed by atoms with van der Waals surface area (Å²) in [6, 6.07) is 9.70. The second-order valence-corrected chi connectivity index (χ2v) is 5.67.